The van der Waals surface area contributed by atoms with Crippen molar-refractivity contribution in [1.29, 1.82) is 0 Å². The summed E-state index contributed by atoms with van der Waals surface area (Å²) in [5.41, 5.74) is 1.83. The number of nitrogens with one attached hydrogen (secondary N) is 1. The number of piperazine rings is 1. The number of aromatic hydroxyl groups is 1. The molecule has 0 bridgehead atoms. The van der Waals surface area contributed by atoms with Gasteiger partial charge in [-0.05, 0) is 18.9 Å². The molecule has 1 aromatic rings. The van der Waals surface area contributed by atoms with Gasteiger partial charge in [-0.3, -0.25) is 4.90 Å². The quantitative estimate of drug-likeness (QED) is 0.784. The molecule has 1 atom stereocenters. The molecule has 1 heterocycles. The molecule has 108 valence electrons. The second-order valence-corrected chi connectivity index (χ2v) is 4.83. The number of aryl methyl sites for hydroxylation is 1. The summed E-state index contributed by atoms with van der Waals surface area (Å²) in [5, 5.41) is 22.8. The van der Waals surface area contributed by atoms with Crippen molar-refractivity contribution in [1.82, 2.24) is 10.2 Å². The Morgan fingerprint density at radius 1 is 1.32 bits per heavy atom. The van der Waals surface area contributed by atoms with E-state index in [2.05, 4.69) is 10.2 Å². The fraction of sp³-hybridized carbons (Fsp3) is 0.571. The predicted molar refractivity (Wildman–Crippen MR) is 79.0 cm³/mol. The van der Waals surface area contributed by atoms with Gasteiger partial charge in [0.1, 0.15) is 5.75 Å². The van der Waals surface area contributed by atoms with Crippen LogP contribution < -0.4 is 5.32 Å². The number of aliphatic hydroxyl groups is 1. The van der Waals surface area contributed by atoms with Crippen LogP contribution >= 0.6 is 12.4 Å². The average Bonchev–Trinajstić information content (AvgIpc) is 2.41. The third-order valence-corrected chi connectivity index (χ3v) is 3.62. The Balaban J connectivity index is 0.00000180. The fourth-order valence-corrected chi connectivity index (χ4v) is 2.60. The number of benzene rings is 1. The first kappa shape index (κ1) is 16.2. The lowest BCUT2D eigenvalue weighted by atomic mass is 9.98. The van der Waals surface area contributed by atoms with Crippen molar-refractivity contribution < 1.29 is 10.2 Å². The first-order valence-electron chi connectivity index (χ1n) is 6.58. The van der Waals surface area contributed by atoms with Crippen LogP contribution in [0, 0.1) is 6.92 Å². The molecule has 0 aliphatic carbocycles. The van der Waals surface area contributed by atoms with Crippen LogP contribution in [0.1, 0.15) is 23.6 Å². The highest BCUT2D eigenvalue weighted by atomic mass is 35.5. The SMILES string of the molecule is Cc1cccc([C@@H](CCO)N2CCNCC2)c1O.Cl. The Kier molecular flexibility index (Phi) is 6.58. The standard InChI is InChI=1S/C14H22N2O2.ClH/c1-11-3-2-4-12(14(11)18)13(5-10-17)16-8-6-15-7-9-16;/h2-4,13,15,17-18H,5-10H2,1H3;1H/t13-;/m1./s1. The first-order valence-corrected chi connectivity index (χ1v) is 6.58. The molecule has 1 fully saturated rings. The molecule has 0 aromatic heterocycles. The van der Waals surface area contributed by atoms with Crippen molar-refractivity contribution >= 4 is 12.4 Å². The summed E-state index contributed by atoms with van der Waals surface area (Å²) in [7, 11) is 0. The van der Waals surface area contributed by atoms with Gasteiger partial charge in [0.2, 0.25) is 0 Å². The predicted octanol–water partition coefficient (Wildman–Crippen LogP) is 1.45. The van der Waals surface area contributed by atoms with Crippen molar-refractivity contribution in [3.8, 4) is 5.75 Å². The second kappa shape index (κ2) is 7.70. The summed E-state index contributed by atoms with van der Waals surface area (Å²) in [6.45, 7) is 5.90. The van der Waals surface area contributed by atoms with Crippen LogP contribution in [0.4, 0.5) is 0 Å². The minimum atomic E-state index is 0. The van der Waals surface area contributed by atoms with Crippen molar-refractivity contribution in [3.05, 3.63) is 29.3 Å². The highest BCUT2D eigenvalue weighted by molar-refractivity contribution is 5.85. The number of rotatable bonds is 4. The number of aliphatic hydroxyl groups excluding tert-OH is 1. The summed E-state index contributed by atoms with van der Waals surface area (Å²) in [6.07, 6.45) is 0.664. The van der Waals surface area contributed by atoms with Gasteiger partial charge in [-0.2, -0.15) is 0 Å². The number of para-hydroxylation sites is 1. The van der Waals surface area contributed by atoms with Gasteiger partial charge in [-0.25, -0.2) is 0 Å². The molecule has 1 aliphatic rings. The number of phenolic OH excluding ortho intramolecular Hbond substituents is 1. The van der Waals surface area contributed by atoms with Crippen molar-refractivity contribution in [2.24, 2.45) is 0 Å². The van der Waals surface area contributed by atoms with E-state index in [-0.39, 0.29) is 25.1 Å². The lowest BCUT2D eigenvalue weighted by molar-refractivity contribution is 0.139. The van der Waals surface area contributed by atoms with Crippen molar-refractivity contribution in [2.45, 2.75) is 19.4 Å². The van der Waals surface area contributed by atoms with E-state index >= 15 is 0 Å². The van der Waals surface area contributed by atoms with Gasteiger partial charge in [0, 0.05) is 44.4 Å². The molecule has 1 saturated heterocycles. The van der Waals surface area contributed by atoms with Crippen molar-refractivity contribution in [3.63, 3.8) is 0 Å². The van der Waals surface area contributed by atoms with Crippen LogP contribution in [0.3, 0.4) is 0 Å². The number of halogens is 1. The molecular formula is C14H23ClN2O2. The van der Waals surface area contributed by atoms with E-state index < -0.39 is 0 Å². The zero-order valence-electron chi connectivity index (χ0n) is 11.3. The monoisotopic (exact) mass is 286 g/mol. The molecule has 1 aromatic carbocycles. The van der Waals surface area contributed by atoms with E-state index in [0.29, 0.717) is 12.2 Å². The van der Waals surface area contributed by atoms with Gasteiger partial charge in [0.05, 0.1) is 0 Å². The maximum atomic E-state index is 10.2. The lowest BCUT2D eigenvalue weighted by Crippen LogP contribution is -2.45. The number of hydrogen-bond donors (Lipinski definition) is 3. The fourth-order valence-electron chi connectivity index (χ4n) is 2.60. The molecule has 0 unspecified atom stereocenters. The Labute approximate surface area is 120 Å². The van der Waals surface area contributed by atoms with Crippen LogP contribution in [0.25, 0.3) is 0 Å². The Hall–Kier alpha value is -0.810. The summed E-state index contributed by atoms with van der Waals surface area (Å²) in [5.74, 6) is 0.370. The number of hydrogen-bond acceptors (Lipinski definition) is 4. The summed E-state index contributed by atoms with van der Waals surface area (Å²) < 4.78 is 0. The van der Waals surface area contributed by atoms with E-state index in [0.717, 1.165) is 37.3 Å². The Bertz CT molecular complexity index is 395. The first-order chi connectivity index (χ1) is 8.74. The van der Waals surface area contributed by atoms with Crippen LogP contribution in [-0.4, -0.2) is 47.9 Å². The third-order valence-electron chi connectivity index (χ3n) is 3.62. The molecule has 2 rings (SSSR count). The van der Waals surface area contributed by atoms with E-state index in [4.69, 9.17) is 0 Å². The summed E-state index contributed by atoms with van der Waals surface area (Å²) in [6, 6.07) is 5.95. The molecule has 0 saturated carbocycles. The molecule has 0 amide bonds. The summed E-state index contributed by atoms with van der Waals surface area (Å²) >= 11 is 0. The van der Waals surface area contributed by atoms with E-state index in [1.165, 1.54) is 0 Å². The molecule has 4 nitrogen and oxygen atoms in total. The maximum absolute atomic E-state index is 10.2. The molecule has 1 aliphatic heterocycles. The van der Waals surface area contributed by atoms with E-state index in [1.54, 1.807) is 0 Å². The minimum Gasteiger partial charge on any atom is -0.507 e. The largest absolute Gasteiger partial charge is 0.507 e. The Morgan fingerprint density at radius 2 is 2.00 bits per heavy atom. The van der Waals surface area contributed by atoms with E-state index in [9.17, 15) is 10.2 Å². The van der Waals surface area contributed by atoms with Gasteiger partial charge >= 0.3 is 0 Å². The maximum Gasteiger partial charge on any atom is 0.123 e. The van der Waals surface area contributed by atoms with Crippen molar-refractivity contribution in [2.75, 3.05) is 32.8 Å². The topological polar surface area (TPSA) is 55.7 Å². The van der Waals surface area contributed by atoms with Gasteiger partial charge in [0.25, 0.3) is 0 Å². The van der Waals surface area contributed by atoms with Gasteiger partial charge in [0.15, 0.2) is 0 Å². The second-order valence-electron chi connectivity index (χ2n) is 4.83. The zero-order valence-corrected chi connectivity index (χ0v) is 12.1. The van der Waals surface area contributed by atoms with Crippen LogP contribution in [0.5, 0.6) is 5.75 Å². The average molecular weight is 287 g/mol. The van der Waals surface area contributed by atoms with Gasteiger partial charge < -0.3 is 15.5 Å². The smallest absolute Gasteiger partial charge is 0.123 e. The highest BCUT2D eigenvalue weighted by Crippen LogP contribution is 2.33. The minimum absolute atomic E-state index is 0. The molecule has 5 heteroatoms. The zero-order chi connectivity index (χ0) is 13.0. The highest BCUT2D eigenvalue weighted by Gasteiger charge is 2.24. The summed E-state index contributed by atoms with van der Waals surface area (Å²) in [4.78, 5) is 2.33. The molecule has 0 spiro atoms. The molecule has 0 radical (unpaired) electrons. The van der Waals surface area contributed by atoms with Crippen LogP contribution in [0.2, 0.25) is 0 Å². The van der Waals surface area contributed by atoms with Gasteiger partial charge in [-0.1, -0.05) is 18.2 Å². The molecule has 19 heavy (non-hydrogen) atoms. The van der Waals surface area contributed by atoms with Crippen LogP contribution in [0.15, 0.2) is 18.2 Å². The normalized spacial score (nSPS) is 17.8. The molecular weight excluding hydrogens is 264 g/mol. The third kappa shape index (κ3) is 3.83. The molecule has 3 N–H and O–H groups in total. The van der Waals surface area contributed by atoms with Crippen LogP contribution in [-0.2, 0) is 0 Å². The van der Waals surface area contributed by atoms with E-state index in [1.807, 2.05) is 25.1 Å². The number of phenols is 1. The lowest BCUT2D eigenvalue weighted by Gasteiger charge is -2.35. The number of nitrogens with zero attached hydrogens (tertiary/aromatic N) is 1. The Morgan fingerprint density at radius 3 is 2.63 bits per heavy atom. The van der Waals surface area contributed by atoms with Gasteiger partial charge in [-0.15, -0.1) is 12.4 Å².